The van der Waals surface area contributed by atoms with Crippen LogP contribution in [0.4, 0.5) is 18.0 Å². The number of nitrogens with one attached hydrogen (secondary N) is 3. The predicted octanol–water partition coefficient (Wildman–Crippen LogP) is 6.98. The van der Waals surface area contributed by atoms with Gasteiger partial charge in [-0.05, 0) is 101 Å². The Morgan fingerprint density at radius 1 is 0.926 bits per heavy atom. The number of aromatic amines is 1. The van der Waals surface area contributed by atoms with E-state index in [1.165, 1.54) is 0 Å². The molecule has 1 aromatic heterocycles. The van der Waals surface area contributed by atoms with Crippen molar-refractivity contribution in [3.63, 3.8) is 0 Å². The second kappa shape index (κ2) is 15.5. The third-order valence-corrected chi connectivity index (χ3v) is 11.1. The molecule has 3 amide bonds. The van der Waals surface area contributed by atoms with Gasteiger partial charge in [0.05, 0.1) is 17.1 Å². The van der Waals surface area contributed by atoms with E-state index in [1.807, 2.05) is 51.1 Å². The average Bonchev–Trinajstić information content (AvgIpc) is 3.78. The molecule has 3 fully saturated rings. The second-order valence-corrected chi connectivity index (χ2v) is 16.6. The van der Waals surface area contributed by atoms with Crippen molar-refractivity contribution in [1.82, 2.24) is 35.6 Å². The summed E-state index contributed by atoms with van der Waals surface area (Å²) in [5, 5.41) is 12.5. The van der Waals surface area contributed by atoms with E-state index < -0.39 is 17.2 Å². The fraction of sp³-hybridized carbons (Fsp3) is 0.564. The van der Waals surface area contributed by atoms with Gasteiger partial charge in [-0.2, -0.15) is 18.3 Å². The van der Waals surface area contributed by atoms with E-state index in [4.69, 9.17) is 16.3 Å². The Labute approximate surface area is 318 Å². The van der Waals surface area contributed by atoms with Crippen molar-refractivity contribution in [2.45, 2.75) is 108 Å². The molecule has 54 heavy (non-hydrogen) atoms. The largest absolute Gasteiger partial charge is 0.444 e. The molecule has 15 heteroatoms. The third kappa shape index (κ3) is 9.19. The fourth-order valence-corrected chi connectivity index (χ4v) is 7.42. The standard InChI is InChI=1S/C39H49ClF3N7O4/c1-37(2,3)54-36(53)50-18-14-27(15-19-50)49-16-12-26(13-17-49)45-34(52)28-11-10-25(20-31(28)40)23-6-8-24(9-7-23)29-21-30(29)33(51)44-22-32-46-35(48-47-32)38(4,5)39(41,42)43/h6-11,20,26-27,29-30H,12-19,21-22H2,1-5H3,(H,44,51)(H,45,52)(H,46,47,48)/t29-,30+/m1/s1. The maximum atomic E-state index is 13.3. The number of rotatable bonds is 9. The van der Waals surface area contributed by atoms with Gasteiger partial charge in [0.2, 0.25) is 5.91 Å². The number of nitrogens with zero attached hydrogens (tertiary/aromatic N) is 4. The van der Waals surface area contributed by atoms with Crippen molar-refractivity contribution < 1.29 is 32.3 Å². The fourth-order valence-electron chi connectivity index (χ4n) is 7.15. The third-order valence-electron chi connectivity index (χ3n) is 10.7. The molecule has 0 spiro atoms. The van der Waals surface area contributed by atoms with Gasteiger partial charge in [-0.25, -0.2) is 9.78 Å². The lowest BCUT2D eigenvalue weighted by molar-refractivity contribution is -0.182. The molecule has 3 N–H and O–H groups in total. The summed E-state index contributed by atoms with van der Waals surface area (Å²) in [7, 11) is 0. The minimum absolute atomic E-state index is 0.0345. The molecule has 6 rings (SSSR count). The molecule has 292 valence electrons. The zero-order valence-electron chi connectivity index (χ0n) is 31.4. The first-order chi connectivity index (χ1) is 25.4. The first-order valence-corrected chi connectivity index (χ1v) is 19.0. The van der Waals surface area contributed by atoms with Crippen LogP contribution in [0, 0.1) is 5.92 Å². The van der Waals surface area contributed by atoms with Crippen molar-refractivity contribution in [2.75, 3.05) is 26.2 Å². The van der Waals surface area contributed by atoms with E-state index in [2.05, 4.69) is 30.7 Å². The smallest absolute Gasteiger partial charge is 0.410 e. The van der Waals surface area contributed by atoms with Gasteiger partial charge in [-0.3, -0.25) is 14.7 Å². The molecule has 2 atom stereocenters. The zero-order chi connectivity index (χ0) is 39.0. The summed E-state index contributed by atoms with van der Waals surface area (Å²) >= 11 is 6.64. The number of hydrogen-bond acceptors (Lipinski definition) is 7. The number of alkyl halides is 3. The highest BCUT2D eigenvalue weighted by molar-refractivity contribution is 6.34. The normalized spacial score (nSPS) is 20.4. The number of aromatic nitrogens is 3. The zero-order valence-corrected chi connectivity index (χ0v) is 32.1. The molecule has 3 heterocycles. The monoisotopic (exact) mass is 771 g/mol. The summed E-state index contributed by atoms with van der Waals surface area (Å²) in [6, 6.07) is 13.7. The average molecular weight is 772 g/mol. The van der Waals surface area contributed by atoms with Crippen LogP contribution in [0.1, 0.15) is 100 Å². The molecular weight excluding hydrogens is 723 g/mol. The number of hydrogen-bond donors (Lipinski definition) is 3. The summed E-state index contributed by atoms with van der Waals surface area (Å²) < 4.78 is 45.5. The molecule has 2 aliphatic heterocycles. The van der Waals surface area contributed by atoms with Gasteiger partial charge in [0.25, 0.3) is 5.91 Å². The maximum absolute atomic E-state index is 13.3. The molecule has 0 unspecified atom stereocenters. The Kier molecular flexibility index (Phi) is 11.4. The quantitative estimate of drug-likeness (QED) is 0.214. The minimum Gasteiger partial charge on any atom is -0.444 e. The lowest BCUT2D eigenvalue weighted by Gasteiger charge is -2.42. The highest BCUT2D eigenvalue weighted by atomic mass is 35.5. The number of amides is 3. The number of piperidine rings is 2. The summed E-state index contributed by atoms with van der Waals surface area (Å²) in [5.41, 5.74) is 0.489. The Hall–Kier alpha value is -4.17. The summed E-state index contributed by atoms with van der Waals surface area (Å²) in [6.45, 7) is 10.7. The Morgan fingerprint density at radius 2 is 1.57 bits per heavy atom. The van der Waals surface area contributed by atoms with Crippen LogP contribution < -0.4 is 10.6 Å². The molecule has 0 radical (unpaired) electrons. The van der Waals surface area contributed by atoms with E-state index in [0.717, 1.165) is 69.3 Å². The van der Waals surface area contributed by atoms with Crippen LogP contribution in [0.5, 0.6) is 0 Å². The van der Waals surface area contributed by atoms with E-state index in [-0.39, 0.29) is 54.0 Å². The number of benzene rings is 2. The molecule has 0 bridgehead atoms. The maximum Gasteiger partial charge on any atom is 0.410 e. The molecule has 1 aliphatic carbocycles. The summed E-state index contributed by atoms with van der Waals surface area (Å²) in [6.07, 6.45) is -0.591. The van der Waals surface area contributed by atoms with Crippen molar-refractivity contribution in [1.29, 1.82) is 0 Å². The van der Waals surface area contributed by atoms with Gasteiger partial charge in [0.15, 0.2) is 5.82 Å². The van der Waals surface area contributed by atoms with Crippen molar-refractivity contribution >= 4 is 29.5 Å². The SMILES string of the molecule is CC(C)(C)OC(=O)N1CCC(N2CCC(NC(=O)c3ccc(-c4ccc([C@H]5C[C@@H]5C(=O)NCc5nc(C(C)(C)C(F)(F)F)n[nH]5)cc4)cc3Cl)CC2)CC1. The first kappa shape index (κ1) is 39.5. The van der Waals surface area contributed by atoms with Crippen LogP contribution in [-0.4, -0.2) is 92.9 Å². The van der Waals surface area contributed by atoms with Crippen molar-refractivity contribution in [3.8, 4) is 11.1 Å². The van der Waals surface area contributed by atoms with Gasteiger partial charge in [-0.1, -0.05) is 41.9 Å². The summed E-state index contributed by atoms with van der Waals surface area (Å²) in [4.78, 5) is 46.7. The van der Waals surface area contributed by atoms with Gasteiger partial charge in [-0.15, -0.1) is 0 Å². The highest BCUT2D eigenvalue weighted by Gasteiger charge is 2.51. The molecule has 2 aromatic carbocycles. The van der Waals surface area contributed by atoms with Crippen LogP contribution in [0.25, 0.3) is 11.1 Å². The van der Waals surface area contributed by atoms with E-state index in [9.17, 15) is 27.6 Å². The van der Waals surface area contributed by atoms with Crippen LogP contribution in [-0.2, 0) is 21.5 Å². The lowest BCUT2D eigenvalue weighted by Crippen LogP contribution is -2.52. The Bertz CT molecular complexity index is 1830. The van der Waals surface area contributed by atoms with Crippen molar-refractivity contribution in [3.05, 3.63) is 70.3 Å². The van der Waals surface area contributed by atoms with Crippen LogP contribution in [0.15, 0.2) is 42.5 Å². The van der Waals surface area contributed by atoms with Crippen molar-refractivity contribution in [2.24, 2.45) is 5.92 Å². The van der Waals surface area contributed by atoms with E-state index in [0.29, 0.717) is 36.1 Å². The Balaban J connectivity index is 0.942. The highest BCUT2D eigenvalue weighted by Crippen LogP contribution is 2.48. The number of carbonyl (C=O) groups is 3. The van der Waals surface area contributed by atoms with Gasteiger partial charge in [0.1, 0.15) is 16.8 Å². The first-order valence-electron chi connectivity index (χ1n) is 18.6. The van der Waals surface area contributed by atoms with E-state index in [1.54, 1.807) is 17.0 Å². The van der Waals surface area contributed by atoms with Crippen LogP contribution in [0.2, 0.25) is 5.02 Å². The molecule has 3 aliphatic rings. The summed E-state index contributed by atoms with van der Waals surface area (Å²) in [5.74, 6) is -0.812. The Morgan fingerprint density at radius 3 is 2.19 bits per heavy atom. The number of ether oxygens (including phenoxy) is 1. The molecule has 3 aromatic rings. The van der Waals surface area contributed by atoms with Gasteiger partial charge in [0, 0.05) is 44.2 Å². The lowest BCUT2D eigenvalue weighted by atomic mass is 9.92. The number of carbonyl (C=O) groups excluding carboxylic acids is 3. The molecule has 11 nitrogen and oxygen atoms in total. The van der Waals surface area contributed by atoms with Gasteiger partial charge >= 0.3 is 12.3 Å². The van der Waals surface area contributed by atoms with E-state index >= 15 is 0 Å². The number of likely N-dealkylation sites (tertiary alicyclic amines) is 2. The van der Waals surface area contributed by atoms with Gasteiger partial charge < -0.3 is 25.2 Å². The minimum atomic E-state index is -4.51. The predicted molar refractivity (Wildman–Crippen MR) is 198 cm³/mol. The molecule has 2 saturated heterocycles. The molecule has 1 saturated carbocycles. The topological polar surface area (TPSA) is 133 Å². The van der Waals surface area contributed by atoms with Crippen LogP contribution >= 0.6 is 11.6 Å². The molecular formula is C39H49ClF3N7O4. The van der Waals surface area contributed by atoms with Crippen LogP contribution in [0.3, 0.4) is 0 Å². The number of H-pyrrole nitrogens is 1. The second-order valence-electron chi connectivity index (χ2n) is 16.2. The number of halogens is 4.